The lowest BCUT2D eigenvalue weighted by atomic mass is 9.83. The van der Waals surface area contributed by atoms with Crippen molar-refractivity contribution in [3.63, 3.8) is 0 Å². The number of esters is 1. The Balaban J connectivity index is 2.33. The third-order valence-electron chi connectivity index (χ3n) is 3.46. The van der Waals surface area contributed by atoms with Crippen LogP contribution in [0.4, 0.5) is 0 Å². The summed E-state index contributed by atoms with van der Waals surface area (Å²) in [7, 11) is 1.42. The highest BCUT2D eigenvalue weighted by molar-refractivity contribution is 5.76. The molecule has 4 heteroatoms. The van der Waals surface area contributed by atoms with Gasteiger partial charge in [0, 0.05) is 5.56 Å². The second-order valence-corrected chi connectivity index (χ2v) is 5.34. The van der Waals surface area contributed by atoms with Gasteiger partial charge in [-0.25, -0.2) is 0 Å². The first kappa shape index (κ1) is 13.7. The average Bonchev–Trinajstić information content (AvgIpc) is 2.85. The summed E-state index contributed by atoms with van der Waals surface area (Å²) in [4.78, 5) is 11.8. The molecule has 19 heavy (non-hydrogen) atoms. The molecule has 1 aromatic rings. The molecule has 0 spiro atoms. The fourth-order valence-electron chi connectivity index (χ4n) is 2.45. The van der Waals surface area contributed by atoms with Gasteiger partial charge in [0.2, 0.25) is 6.79 Å². The van der Waals surface area contributed by atoms with E-state index in [1.54, 1.807) is 0 Å². The van der Waals surface area contributed by atoms with Gasteiger partial charge >= 0.3 is 5.97 Å². The van der Waals surface area contributed by atoms with Crippen LogP contribution in [-0.2, 0) is 22.4 Å². The van der Waals surface area contributed by atoms with Crippen molar-refractivity contribution in [3.8, 4) is 11.5 Å². The van der Waals surface area contributed by atoms with Gasteiger partial charge in [-0.05, 0) is 38.3 Å². The maximum Gasteiger partial charge on any atom is 0.311 e. The van der Waals surface area contributed by atoms with Gasteiger partial charge in [0.05, 0.1) is 12.5 Å². The topological polar surface area (TPSA) is 44.8 Å². The van der Waals surface area contributed by atoms with Gasteiger partial charge in [0.1, 0.15) is 0 Å². The molecule has 1 aliphatic rings. The summed E-state index contributed by atoms with van der Waals surface area (Å²) in [5, 5.41) is 0. The second-order valence-electron chi connectivity index (χ2n) is 5.34. The van der Waals surface area contributed by atoms with Gasteiger partial charge in [-0.1, -0.05) is 13.0 Å². The van der Waals surface area contributed by atoms with Gasteiger partial charge in [0.25, 0.3) is 0 Å². The Hall–Kier alpha value is -1.71. The predicted molar refractivity (Wildman–Crippen MR) is 71.4 cm³/mol. The molecule has 0 aromatic heterocycles. The van der Waals surface area contributed by atoms with E-state index < -0.39 is 5.41 Å². The Kier molecular flexibility index (Phi) is 3.69. The van der Waals surface area contributed by atoms with Crippen molar-refractivity contribution < 1.29 is 19.0 Å². The highest BCUT2D eigenvalue weighted by Gasteiger charge is 2.31. The SMILES string of the molecule is CCc1c(CC(C)(C)C(=O)OC)ccc2c1OCO2. The van der Waals surface area contributed by atoms with E-state index in [1.807, 2.05) is 26.0 Å². The number of carbonyl (C=O) groups excluding carboxylic acids is 1. The van der Waals surface area contributed by atoms with E-state index >= 15 is 0 Å². The summed E-state index contributed by atoms with van der Waals surface area (Å²) in [6, 6.07) is 3.92. The Bertz CT molecular complexity index is 491. The average molecular weight is 264 g/mol. The second kappa shape index (κ2) is 5.11. The molecule has 0 bridgehead atoms. The van der Waals surface area contributed by atoms with Gasteiger partial charge in [-0.2, -0.15) is 0 Å². The normalized spacial score (nSPS) is 13.5. The van der Waals surface area contributed by atoms with Crippen LogP contribution >= 0.6 is 0 Å². The maximum absolute atomic E-state index is 11.8. The minimum atomic E-state index is -0.549. The largest absolute Gasteiger partial charge is 0.469 e. The van der Waals surface area contributed by atoms with Crippen LogP contribution in [0.1, 0.15) is 31.9 Å². The van der Waals surface area contributed by atoms with E-state index in [-0.39, 0.29) is 12.8 Å². The number of hydrogen-bond acceptors (Lipinski definition) is 4. The summed E-state index contributed by atoms with van der Waals surface area (Å²) in [5.41, 5.74) is 1.68. The number of benzene rings is 1. The number of carbonyl (C=O) groups is 1. The smallest absolute Gasteiger partial charge is 0.311 e. The summed E-state index contributed by atoms with van der Waals surface area (Å²) in [6.07, 6.45) is 1.47. The molecule has 0 atom stereocenters. The maximum atomic E-state index is 11.8. The molecule has 0 N–H and O–H groups in total. The van der Waals surface area contributed by atoms with Crippen molar-refractivity contribution in [2.45, 2.75) is 33.6 Å². The van der Waals surface area contributed by atoms with Crippen molar-refractivity contribution in [3.05, 3.63) is 23.3 Å². The molecule has 0 unspecified atom stereocenters. The van der Waals surface area contributed by atoms with Crippen LogP contribution < -0.4 is 9.47 Å². The lowest BCUT2D eigenvalue weighted by molar-refractivity contribution is -0.150. The number of rotatable bonds is 4. The zero-order valence-corrected chi connectivity index (χ0v) is 11.9. The Morgan fingerprint density at radius 3 is 2.74 bits per heavy atom. The minimum absolute atomic E-state index is 0.202. The number of hydrogen-bond donors (Lipinski definition) is 0. The third kappa shape index (κ3) is 2.53. The van der Waals surface area contributed by atoms with Crippen LogP contribution in [0.5, 0.6) is 11.5 Å². The van der Waals surface area contributed by atoms with Crippen LogP contribution in [0.25, 0.3) is 0 Å². The van der Waals surface area contributed by atoms with Crippen molar-refractivity contribution in [1.29, 1.82) is 0 Å². The van der Waals surface area contributed by atoms with Crippen LogP contribution in [0.3, 0.4) is 0 Å². The van der Waals surface area contributed by atoms with Crippen LogP contribution in [0.15, 0.2) is 12.1 Å². The molecule has 1 heterocycles. The van der Waals surface area contributed by atoms with Crippen molar-refractivity contribution in [1.82, 2.24) is 0 Å². The number of methoxy groups -OCH3 is 1. The van der Waals surface area contributed by atoms with Gasteiger partial charge < -0.3 is 14.2 Å². The molecular weight excluding hydrogens is 244 g/mol. The van der Waals surface area contributed by atoms with E-state index in [0.29, 0.717) is 6.42 Å². The van der Waals surface area contributed by atoms with E-state index in [2.05, 4.69) is 6.92 Å². The number of ether oxygens (including phenoxy) is 3. The Labute approximate surface area is 113 Å². The highest BCUT2D eigenvalue weighted by atomic mass is 16.7. The fourth-order valence-corrected chi connectivity index (χ4v) is 2.45. The molecule has 0 saturated heterocycles. The molecule has 0 amide bonds. The molecular formula is C15H20O4. The molecule has 1 aliphatic heterocycles. The molecule has 104 valence electrons. The first-order valence-corrected chi connectivity index (χ1v) is 6.48. The lowest BCUT2D eigenvalue weighted by Crippen LogP contribution is -2.28. The van der Waals surface area contributed by atoms with Crippen LogP contribution in [0, 0.1) is 5.41 Å². The first-order chi connectivity index (χ1) is 8.99. The van der Waals surface area contributed by atoms with Crippen LogP contribution in [0.2, 0.25) is 0 Å². The Morgan fingerprint density at radius 2 is 2.11 bits per heavy atom. The van der Waals surface area contributed by atoms with Crippen LogP contribution in [-0.4, -0.2) is 19.9 Å². The minimum Gasteiger partial charge on any atom is -0.469 e. The summed E-state index contributed by atoms with van der Waals surface area (Å²) in [5.74, 6) is 1.41. The molecule has 0 fully saturated rings. The number of fused-ring (bicyclic) bond motifs is 1. The molecule has 0 radical (unpaired) electrons. The predicted octanol–water partition coefficient (Wildman–Crippen LogP) is 2.72. The van der Waals surface area contributed by atoms with E-state index in [4.69, 9.17) is 14.2 Å². The summed E-state index contributed by atoms with van der Waals surface area (Å²) >= 11 is 0. The van der Waals surface area contributed by atoms with Crippen molar-refractivity contribution in [2.75, 3.05) is 13.9 Å². The fraction of sp³-hybridized carbons (Fsp3) is 0.533. The van der Waals surface area contributed by atoms with Crippen molar-refractivity contribution in [2.24, 2.45) is 5.41 Å². The molecule has 1 aromatic carbocycles. The highest BCUT2D eigenvalue weighted by Crippen LogP contribution is 2.39. The first-order valence-electron chi connectivity index (χ1n) is 6.48. The van der Waals surface area contributed by atoms with Gasteiger partial charge in [0.15, 0.2) is 11.5 Å². The third-order valence-corrected chi connectivity index (χ3v) is 3.46. The molecule has 0 saturated carbocycles. The van der Waals surface area contributed by atoms with Gasteiger partial charge in [-0.15, -0.1) is 0 Å². The zero-order chi connectivity index (χ0) is 14.0. The van der Waals surface area contributed by atoms with E-state index in [1.165, 1.54) is 7.11 Å². The standard InChI is InChI=1S/C15H20O4/c1-5-11-10(8-15(2,3)14(16)17-4)6-7-12-13(11)19-9-18-12/h6-7H,5,8-9H2,1-4H3. The van der Waals surface area contributed by atoms with Crippen molar-refractivity contribution >= 4 is 5.97 Å². The monoisotopic (exact) mass is 264 g/mol. The molecule has 2 rings (SSSR count). The van der Waals surface area contributed by atoms with Gasteiger partial charge in [-0.3, -0.25) is 4.79 Å². The Morgan fingerprint density at radius 1 is 1.37 bits per heavy atom. The molecule has 4 nitrogen and oxygen atoms in total. The van der Waals surface area contributed by atoms with E-state index in [9.17, 15) is 4.79 Å². The lowest BCUT2D eigenvalue weighted by Gasteiger charge is -2.23. The van der Waals surface area contributed by atoms with E-state index in [0.717, 1.165) is 29.0 Å². The molecule has 0 aliphatic carbocycles. The quantitative estimate of drug-likeness (QED) is 0.784. The summed E-state index contributed by atoms with van der Waals surface area (Å²) < 4.78 is 15.8. The zero-order valence-electron chi connectivity index (χ0n) is 11.9. The summed E-state index contributed by atoms with van der Waals surface area (Å²) in [6.45, 7) is 6.13.